The van der Waals surface area contributed by atoms with E-state index in [9.17, 15) is 19.7 Å². The van der Waals surface area contributed by atoms with Gasteiger partial charge in [0.1, 0.15) is 0 Å². The van der Waals surface area contributed by atoms with E-state index in [1.54, 1.807) is 12.1 Å². The maximum absolute atomic E-state index is 12.1. The minimum Gasteiger partial charge on any atom is -0.452 e. The third-order valence-corrected chi connectivity index (χ3v) is 4.06. The molecule has 0 saturated carbocycles. The van der Waals surface area contributed by atoms with Crippen molar-refractivity contribution in [1.82, 2.24) is 0 Å². The Labute approximate surface area is 148 Å². The van der Waals surface area contributed by atoms with E-state index < -0.39 is 23.4 Å². The molecule has 0 heterocycles. The first kappa shape index (κ1) is 18.5. The van der Waals surface area contributed by atoms with Gasteiger partial charge in [-0.2, -0.15) is 0 Å². The van der Waals surface area contributed by atoms with Gasteiger partial charge in [0.2, 0.25) is 0 Å². The van der Waals surface area contributed by atoms with Crippen molar-refractivity contribution in [2.45, 2.75) is 11.8 Å². The normalized spacial score (nSPS) is 10.1. The molecule has 0 aliphatic heterocycles. The van der Waals surface area contributed by atoms with E-state index in [1.807, 2.05) is 19.1 Å². The smallest absolute Gasteiger partial charge is 0.339 e. The number of nitrogens with one attached hydrogen (secondary N) is 1. The number of benzene rings is 2. The summed E-state index contributed by atoms with van der Waals surface area (Å²) in [4.78, 5) is 34.8. The highest BCUT2D eigenvalue weighted by Gasteiger charge is 2.14. The number of rotatable bonds is 7. The Bertz CT molecular complexity index is 777. The third kappa shape index (κ3) is 5.32. The van der Waals surface area contributed by atoms with Gasteiger partial charge >= 0.3 is 5.97 Å². The molecule has 1 N–H and O–H groups in total. The van der Waals surface area contributed by atoms with E-state index in [4.69, 9.17) is 4.74 Å². The van der Waals surface area contributed by atoms with Gasteiger partial charge in [0.05, 0.1) is 10.5 Å². The van der Waals surface area contributed by atoms with Crippen LogP contribution in [-0.2, 0) is 9.53 Å². The first-order valence-electron chi connectivity index (χ1n) is 7.44. The zero-order valence-corrected chi connectivity index (χ0v) is 14.2. The van der Waals surface area contributed by atoms with Crippen LogP contribution in [0.4, 0.5) is 11.4 Å². The van der Waals surface area contributed by atoms with Gasteiger partial charge in [0, 0.05) is 22.7 Å². The van der Waals surface area contributed by atoms with Crippen LogP contribution >= 0.6 is 11.8 Å². The average Bonchev–Trinajstić information content (AvgIpc) is 2.61. The number of esters is 1. The number of nitrogens with zero attached hydrogens (tertiary/aromatic N) is 1. The number of hydrogen-bond donors (Lipinski definition) is 1. The van der Waals surface area contributed by atoms with Gasteiger partial charge in [0.25, 0.3) is 11.6 Å². The zero-order valence-electron chi connectivity index (χ0n) is 13.4. The topological polar surface area (TPSA) is 98.5 Å². The Balaban J connectivity index is 1.91. The first-order valence-corrected chi connectivity index (χ1v) is 8.43. The number of carbonyl (C=O) groups is 2. The molecule has 0 radical (unpaired) electrons. The predicted octanol–water partition coefficient (Wildman–Crippen LogP) is 3.50. The molecule has 0 atom stereocenters. The molecule has 0 aromatic heterocycles. The minimum atomic E-state index is -0.574. The van der Waals surface area contributed by atoms with Crippen molar-refractivity contribution in [3.05, 3.63) is 64.2 Å². The monoisotopic (exact) mass is 360 g/mol. The molecule has 25 heavy (non-hydrogen) atoms. The van der Waals surface area contributed by atoms with Crippen LogP contribution in [0.2, 0.25) is 0 Å². The molecule has 0 aliphatic rings. The second kappa shape index (κ2) is 8.84. The Morgan fingerprint density at radius 3 is 2.48 bits per heavy atom. The van der Waals surface area contributed by atoms with Crippen molar-refractivity contribution >= 4 is 35.0 Å². The predicted molar refractivity (Wildman–Crippen MR) is 94.8 cm³/mol. The SMILES string of the molecule is CCSc1ccccc1C(=O)OCC(=O)Nc1ccc([N+](=O)[O-])cc1. The van der Waals surface area contributed by atoms with Crippen LogP contribution in [0, 0.1) is 10.1 Å². The molecule has 0 spiro atoms. The van der Waals surface area contributed by atoms with E-state index in [2.05, 4.69) is 5.32 Å². The summed E-state index contributed by atoms with van der Waals surface area (Å²) in [7, 11) is 0. The number of amides is 1. The summed E-state index contributed by atoms with van der Waals surface area (Å²) < 4.78 is 5.04. The van der Waals surface area contributed by atoms with E-state index in [0.29, 0.717) is 11.3 Å². The zero-order chi connectivity index (χ0) is 18.2. The van der Waals surface area contributed by atoms with Crippen LogP contribution in [0.1, 0.15) is 17.3 Å². The third-order valence-electron chi connectivity index (χ3n) is 3.10. The summed E-state index contributed by atoms with van der Waals surface area (Å²) in [6.45, 7) is 1.53. The number of ether oxygens (including phenoxy) is 1. The molecule has 0 aliphatic carbocycles. The molecule has 130 valence electrons. The Kier molecular flexibility index (Phi) is 6.53. The lowest BCUT2D eigenvalue weighted by Gasteiger charge is -2.09. The number of anilines is 1. The maximum atomic E-state index is 12.1. The number of hydrogen-bond acceptors (Lipinski definition) is 6. The second-order valence-corrected chi connectivity index (χ2v) is 6.16. The van der Waals surface area contributed by atoms with Crippen molar-refractivity contribution < 1.29 is 19.2 Å². The van der Waals surface area contributed by atoms with Gasteiger partial charge in [-0.25, -0.2) is 4.79 Å². The summed E-state index contributed by atoms with van der Waals surface area (Å²) >= 11 is 1.51. The molecular formula is C17H16N2O5S. The van der Waals surface area contributed by atoms with Crippen molar-refractivity contribution in [1.29, 1.82) is 0 Å². The lowest BCUT2D eigenvalue weighted by atomic mass is 10.2. The molecule has 0 saturated heterocycles. The van der Waals surface area contributed by atoms with Crippen molar-refractivity contribution in [3.63, 3.8) is 0 Å². The van der Waals surface area contributed by atoms with E-state index in [-0.39, 0.29) is 5.69 Å². The summed E-state index contributed by atoms with van der Waals surface area (Å²) in [6.07, 6.45) is 0. The molecule has 1 amide bonds. The summed E-state index contributed by atoms with van der Waals surface area (Å²) in [5, 5.41) is 13.1. The number of non-ortho nitro benzene ring substituents is 1. The number of nitro benzene ring substituents is 1. The molecule has 8 heteroatoms. The van der Waals surface area contributed by atoms with E-state index in [1.165, 1.54) is 36.0 Å². The lowest BCUT2D eigenvalue weighted by Crippen LogP contribution is -2.21. The summed E-state index contributed by atoms with van der Waals surface area (Å²) in [6, 6.07) is 12.4. The average molecular weight is 360 g/mol. The molecule has 2 rings (SSSR count). The van der Waals surface area contributed by atoms with E-state index >= 15 is 0 Å². The number of nitro groups is 1. The summed E-state index contributed by atoms with van der Waals surface area (Å²) in [5.41, 5.74) is 0.723. The van der Waals surface area contributed by atoms with Crippen LogP contribution < -0.4 is 5.32 Å². The Hall–Kier alpha value is -2.87. The van der Waals surface area contributed by atoms with Gasteiger partial charge in [-0.1, -0.05) is 19.1 Å². The van der Waals surface area contributed by atoms with Crippen LogP contribution in [0.25, 0.3) is 0 Å². The molecule has 0 unspecified atom stereocenters. The number of thioether (sulfide) groups is 1. The molecule has 2 aromatic rings. The maximum Gasteiger partial charge on any atom is 0.339 e. The van der Waals surface area contributed by atoms with Crippen molar-refractivity contribution in [2.24, 2.45) is 0 Å². The van der Waals surface area contributed by atoms with Crippen LogP contribution in [0.15, 0.2) is 53.4 Å². The van der Waals surface area contributed by atoms with Gasteiger partial charge < -0.3 is 10.1 Å². The van der Waals surface area contributed by atoms with Crippen LogP contribution in [0.3, 0.4) is 0 Å². The molecule has 0 bridgehead atoms. The highest BCUT2D eigenvalue weighted by atomic mass is 32.2. The fourth-order valence-electron chi connectivity index (χ4n) is 1.99. The van der Waals surface area contributed by atoms with Gasteiger partial charge in [0.15, 0.2) is 6.61 Å². The largest absolute Gasteiger partial charge is 0.452 e. The van der Waals surface area contributed by atoms with Gasteiger partial charge in [-0.3, -0.25) is 14.9 Å². The molecule has 0 fully saturated rings. The second-order valence-electron chi connectivity index (χ2n) is 4.86. The van der Waals surface area contributed by atoms with E-state index in [0.717, 1.165) is 10.6 Å². The highest BCUT2D eigenvalue weighted by molar-refractivity contribution is 7.99. The van der Waals surface area contributed by atoms with Gasteiger partial charge in [-0.15, -0.1) is 11.8 Å². The fourth-order valence-corrected chi connectivity index (χ4v) is 2.78. The van der Waals surface area contributed by atoms with Crippen LogP contribution in [0.5, 0.6) is 0 Å². The van der Waals surface area contributed by atoms with Crippen LogP contribution in [-0.4, -0.2) is 29.2 Å². The van der Waals surface area contributed by atoms with Crippen molar-refractivity contribution in [2.75, 3.05) is 17.7 Å². The highest BCUT2D eigenvalue weighted by Crippen LogP contribution is 2.23. The molecular weight excluding hydrogens is 344 g/mol. The molecule has 7 nitrogen and oxygen atoms in total. The number of carbonyl (C=O) groups excluding carboxylic acids is 2. The van der Waals surface area contributed by atoms with Crippen molar-refractivity contribution in [3.8, 4) is 0 Å². The Morgan fingerprint density at radius 2 is 1.84 bits per heavy atom. The standard InChI is InChI=1S/C17H16N2O5S/c1-2-25-15-6-4-3-5-14(15)17(21)24-11-16(20)18-12-7-9-13(10-8-12)19(22)23/h3-10H,2,11H2,1H3,(H,18,20). The first-order chi connectivity index (χ1) is 12.0. The lowest BCUT2D eigenvalue weighted by molar-refractivity contribution is -0.384. The molecule has 2 aromatic carbocycles. The fraction of sp³-hybridized carbons (Fsp3) is 0.176. The quantitative estimate of drug-likeness (QED) is 0.351. The van der Waals surface area contributed by atoms with Gasteiger partial charge in [-0.05, 0) is 30.0 Å². The minimum absolute atomic E-state index is 0.0746. The Morgan fingerprint density at radius 1 is 1.16 bits per heavy atom. The summed E-state index contributed by atoms with van der Waals surface area (Å²) in [5.74, 6) is -0.288.